The van der Waals surface area contributed by atoms with Crippen LogP contribution in [0.5, 0.6) is 0 Å². The largest absolute Gasteiger partial charge is 0.507 e. The first-order valence-electron chi connectivity index (χ1n) is 8.85. The normalized spacial score (nSPS) is 19.3. The number of thiophene rings is 1. The second-order valence-corrected chi connectivity index (χ2v) is 8.11. The van der Waals surface area contributed by atoms with Crippen molar-refractivity contribution in [2.75, 3.05) is 27.2 Å². The molecule has 0 aliphatic carbocycles. The zero-order valence-corrected chi connectivity index (χ0v) is 16.8. The van der Waals surface area contributed by atoms with E-state index in [1.807, 2.05) is 68.6 Å². The topological polar surface area (TPSA) is 60.9 Å². The summed E-state index contributed by atoms with van der Waals surface area (Å²) in [5.41, 5.74) is 2.62. The van der Waals surface area contributed by atoms with Crippen LogP contribution in [-0.4, -0.2) is 53.8 Å². The fourth-order valence-electron chi connectivity index (χ4n) is 3.30. The van der Waals surface area contributed by atoms with Gasteiger partial charge >= 0.3 is 0 Å². The molecule has 142 valence electrons. The van der Waals surface area contributed by atoms with E-state index >= 15 is 0 Å². The Morgan fingerprint density at radius 2 is 1.96 bits per heavy atom. The van der Waals surface area contributed by atoms with Crippen molar-refractivity contribution < 1.29 is 14.7 Å². The van der Waals surface area contributed by atoms with Gasteiger partial charge in [-0.25, -0.2) is 0 Å². The highest BCUT2D eigenvalue weighted by molar-refractivity contribution is 7.10. The van der Waals surface area contributed by atoms with Crippen LogP contribution >= 0.6 is 11.3 Å². The van der Waals surface area contributed by atoms with Gasteiger partial charge in [-0.3, -0.25) is 9.59 Å². The summed E-state index contributed by atoms with van der Waals surface area (Å²) in [5.74, 6) is -1.27. The maximum atomic E-state index is 12.9. The molecule has 2 aromatic rings. The molecule has 1 aromatic carbocycles. The van der Waals surface area contributed by atoms with E-state index < -0.39 is 17.7 Å². The van der Waals surface area contributed by atoms with Gasteiger partial charge in [0.1, 0.15) is 5.76 Å². The Bertz CT molecular complexity index is 900. The Balaban J connectivity index is 2.15. The van der Waals surface area contributed by atoms with Crippen LogP contribution in [0.25, 0.3) is 5.76 Å². The van der Waals surface area contributed by atoms with Crippen molar-refractivity contribution >= 4 is 28.8 Å². The predicted molar refractivity (Wildman–Crippen MR) is 108 cm³/mol. The second-order valence-electron chi connectivity index (χ2n) is 7.13. The van der Waals surface area contributed by atoms with Gasteiger partial charge in [0, 0.05) is 23.5 Å². The molecule has 0 spiro atoms. The summed E-state index contributed by atoms with van der Waals surface area (Å²) in [7, 11) is 3.85. The third kappa shape index (κ3) is 3.68. The van der Waals surface area contributed by atoms with E-state index in [9.17, 15) is 14.7 Å². The summed E-state index contributed by atoms with van der Waals surface area (Å²) in [4.78, 5) is 30.0. The van der Waals surface area contributed by atoms with Crippen LogP contribution < -0.4 is 0 Å². The van der Waals surface area contributed by atoms with Crippen molar-refractivity contribution in [3.8, 4) is 0 Å². The number of carbonyl (C=O) groups excluding carboxylic acids is 2. The number of Topliss-reactive ketones (excluding diaryl/α,β-unsaturated/α-hetero) is 1. The molecule has 27 heavy (non-hydrogen) atoms. The molecule has 1 atom stereocenters. The van der Waals surface area contributed by atoms with Crippen LogP contribution in [0.1, 0.15) is 27.6 Å². The number of likely N-dealkylation sites (tertiary alicyclic amines) is 1. The van der Waals surface area contributed by atoms with Crippen LogP contribution in [0.15, 0.2) is 41.3 Å². The number of likely N-dealkylation sites (N-methyl/N-ethyl adjacent to an activating group) is 1. The van der Waals surface area contributed by atoms with E-state index in [-0.39, 0.29) is 11.3 Å². The molecule has 0 saturated carbocycles. The van der Waals surface area contributed by atoms with Crippen LogP contribution in [0, 0.1) is 13.8 Å². The lowest BCUT2D eigenvalue weighted by molar-refractivity contribution is -0.140. The minimum absolute atomic E-state index is 0.0969. The molecule has 0 radical (unpaired) electrons. The Kier molecular flexibility index (Phi) is 5.48. The zero-order valence-electron chi connectivity index (χ0n) is 16.0. The van der Waals surface area contributed by atoms with Gasteiger partial charge in [-0.2, -0.15) is 0 Å². The predicted octanol–water partition coefficient (Wildman–Crippen LogP) is 3.35. The number of aliphatic hydroxyl groups excluding tert-OH is 1. The van der Waals surface area contributed by atoms with Gasteiger partial charge in [0.25, 0.3) is 11.7 Å². The van der Waals surface area contributed by atoms with Gasteiger partial charge in [0.15, 0.2) is 0 Å². The number of carbonyl (C=O) groups is 2. The van der Waals surface area contributed by atoms with Gasteiger partial charge in [-0.15, -0.1) is 11.3 Å². The van der Waals surface area contributed by atoms with E-state index in [0.29, 0.717) is 18.7 Å². The summed E-state index contributed by atoms with van der Waals surface area (Å²) in [6, 6.07) is 8.96. The lowest BCUT2D eigenvalue weighted by Crippen LogP contribution is -2.35. The Morgan fingerprint density at radius 1 is 1.22 bits per heavy atom. The SMILES string of the molecule is Cc1ccc(C)c(/C(O)=C2\C(=O)C(=O)N(CCN(C)C)C2c2cccs2)c1. The smallest absolute Gasteiger partial charge is 0.295 e. The summed E-state index contributed by atoms with van der Waals surface area (Å²) in [5, 5.41) is 13.0. The molecule has 1 N–H and O–H groups in total. The number of rotatable bonds is 5. The fraction of sp³-hybridized carbons (Fsp3) is 0.333. The Hall–Kier alpha value is -2.44. The number of benzene rings is 1. The number of aryl methyl sites for hydroxylation is 2. The van der Waals surface area contributed by atoms with E-state index in [1.54, 1.807) is 4.90 Å². The summed E-state index contributed by atoms with van der Waals surface area (Å²) < 4.78 is 0. The number of nitrogens with zero attached hydrogens (tertiary/aromatic N) is 2. The Morgan fingerprint density at radius 3 is 2.59 bits per heavy atom. The zero-order chi connectivity index (χ0) is 19.7. The first-order valence-corrected chi connectivity index (χ1v) is 9.73. The van der Waals surface area contributed by atoms with Crippen molar-refractivity contribution in [1.29, 1.82) is 0 Å². The lowest BCUT2D eigenvalue weighted by Gasteiger charge is -2.25. The molecule has 1 amide bonds. The molecular formula is C21H24N2O3S. The van der Waals surface area contributed by atoms with Gasteiger partial charge in [-0.1, -0.05) is 23.8 Å². The third-order valence-corrected chi connectivity index (χ3v) is 5.71. The van der Waals surface area contributed by atoms with E-state index in [2.05, 4.69) is 0 Å². The molecule has 1 saturated heterocycles. The molecule has 1 unspecified atom stereocenters. The molecule has 1 aliphatic rings. The maximum Gasteiger partial charge on any atom is 0.295 e. The maximum absolute atomic E-state index is 12.9. The second kappa shape index (κ2) is 7.66. The summed E-state index contributed by atoms with van der Waals surface area (Å²) in [6.07, 6.45) is 0. The highest BCUT2D eigenvalue weighted by Gasteiger charge is 2.46. The van der Waals surface area contributed by atoms with Crippen molar-refractivity contribution in [2.45, 2.75) is 19.9 Å². The molecule has 3 rings (SSSR count). The van der Waals surface area contributed by atoms with Crippen LogP contribution in [0.3, 0.4) is 0 Å². The Labute approximate surface area is 163 Å². The molecule has 1 aliphatic heterocycles. The van der Waals surface area contributed by atoms with Crippen molar-refractivity contribution in [2.24, 2.45) is 0 Å². The van der Waals surface area contributed by atoms with Gasteiger partial charge in [0.2, 0.25) is 0 Å². The highest BCUT2D eigenvalue weighted by atomic mass is 32.1. The first kappa shape index (κ1) is 19.3. The minimum atomic E-state index is -0.620. The monoisotopic (exact) mass is 384 g/mol. The quantitative estimate of drug-likeness (QED) is 0.488. The van der Waals surface area contributed by atoms with Gasteiger partial charge < -0.3 is 14.9 Å². The molecule has 5 nitrogen and oxygen atoms in total. The van der Waals surface area contributed by atoms with E-state index in [4.69, 9.17) is 0 Å². The fourth-order valence-corrected chi connectivity index (χ4v) is 4.14. The first-order chi connectivity index (χ1) is 12.8. The van der Waals surface area contributed by atoms with Crippen LogP contribution in [0.2, 0.25) is 0 Å². The number of hydrogen-bond acceptors (Lipinski definition) is 5. The van der Waals surface area contributed by atoms with Crippen LogP contribution in [0.4, 0.5) is 0 Å². The molecule has 2 heterocycles. The third-order valence-electron chi connectivity index (χ3n) is 4.79. The molecular weight excluding hydrogens is 360 g/mol. The minimum Gasteiger partial charge on any atom is -0.507 e. The molecule has 1 fully saturated rings. The van der Waals surface area contributed by atoms with E-state index in [0.717, 1.165) is 16.0 Å². The summed E-state index contributed by atoms with van der Waals surface area (Å²) >= 11 is 1.48. The highest BCUT2D eigenvalue weighted by Crippen LogP contribution is 2.41. The standard InChI is InChI=1S/C21H24N2O3S/c1-13-7-8-14(2)15(12-13)19(24)17-18(16-6-5-11-27-16)23(10-9-22(3)4)21(26)20(17)25/h5-8,11-12,18,24H,9-10H2,1-4H3/b19-17+. The number of amides is 1. The summed E-state index contributed by atoms with van der Waals surface area (Å²) in [6.45, 7) is 4.88. The van der Waals surface area contributed by atoms with Gasteiger partial charge in [-0.05, 0) is 51.0 Å². The molecule has 6 heteroatoms. The molecule has 0 bridgehead atoms. The number of ketones is 1. The average molecular weight is 385 g/mol. The average Bonchev–Trinajstić information content (AvgIpc) is 3.22. The van der Waals surface area contributed by atoms with Crippen molar-refractivity contribution in [1.82, 2.24) is 9.80 Å². The molecule has 1 aromatic heterocycles. The lowest BCUT2D eigenvalue weighted by atomic mass is 9.96. The van der Waals surface area contributed by atoms with Crippen molar-refractivity contribution in [3.05, 3.63) is 62.9 Å². The van der Waals surface area contributed by atoms with E-state index in [1.165, 1.54) is 11.3 Å². The van der Waals surface area contributed by atoms with Crippen molar-refractivity contribution in [3.63, 3.8) is 0 Å². The number of aliphatic hydroxyl groups is 1. The van der Waals surface area contributed by atoms with Gasteiger partial charge in [0.05, 0.1) is 11.6 Å². The van der Waals surface area contributed by atoms with Crippen LogP contribution in [-0.2, 0) is 9.59 Å². The number of hydrogen-bond donors (Lipinski definition) is 1.